The molecule has 2 aromatic rings. The number of rotatable bonds is 5. The average Bonchev–Trinajstić information content (AvgIpc) is 2.79. The number of nitrogens with one attached hydrogen (secondary N) is 1. The summed E-state index contributed by atoms with van der Waals surface area (Å²) in [6.07, 6.45) is 1.87. The minimum atomic E-state index is -0.207. The third-order valence-corrected chi connectivity index (χ3v) is 3.09. The van der Waals surface area contributed by atoms with Crippen LogP contribution in [0.1, 0.15) is 18.2 Å². The molecule has 0 saturated heterocycles. The molecule has 3 nitrogen and oxygen atoms in total. The maximum absolute atomic E-state index is 13.6. The Balaban J connectivity index is 2.08. The van der Waals surface area contributed by atoms with Crippen molar-refractivity contribution in [3.63, 3.8) is 0 Å². The predicted molar refractivity (Wildman–Crippen MR) is 72.8 cm³/mol. The van der Waals surface area contributed by atoms with E-state index in [1.807, 2.05) is 19.2 Å². The van der Waals surface area contributed by atoms with E-state index in [1.54, 1.807) is 16.8 Å². The molecule has 1 heterocycles. The van der Waals surface area contributed by atoms with E-state index < -0.39 is 0 Å². The van der Waals surface area contributed by atoms with Gasteiger partial charge >= 0.3 is 0 Å². The van der Waals surface area contributed by atoms with Crippen molar-refractivity contribution in [2.45, 2.75) is 20.0 Å². The topological polar surface area (TPSA) is 29.9 Å². The van der Waals surface area contributed by atoms with Crippen molar-refractivity contribution in [3.8, 4) is 0 Å². The Morgan fingerprint density at radius 2 is 2.22 bits per heavy atom. The molecular weight excluding hydrogens is 297 g/mol. The van der Waals surface area contributed by atoms with Crippen molar-refractivity contribution >= 4 is 15.9 Å². The summed E-state index contributed by atoms with van der Waals surface area (Å²) in [5.41, 5.74) is 1.59. The maximum Gasteiger partial charge on any atom is 0.128 e. The maximum atomic E-state index is 13.6. The molecule has 1 aromatic carbocycles. The number of hydrogen-bond donors (Lipinski definition) is 1. The largest absolute Gasteiger partial charge is 0.311 e. The van der Waals surface area contributed by atoms with Crippen LogP contribution in [0.2, 0.25) is 0 Å². The van der Waals surface area contributed by atoms with Crippen molar-refractivity contribution in [2.24, 2.45) is 0 Å². The second kappa shape index (κ2) is 6.11. The fourth-order valence-electron chi connectivity index (χ4n) is 1.68. The van der Waals surface area contributed by atoms with Crippen LogP contribution in [0.4, 0.5) is 4.39 Å². The van der Waals surface area contributed by atoms with Crippen LogP contribution in [0.25, 0.3) is 0 Å². The van der Waals surface area contributed by atoms with Crippen LogP contribution in [0, 0.1) is 5.82 Å². The Kier molecular flexibility index (Phi) is 4.49. The number of aromatic nitrogens is 2. The minimum Gasteiger partial charge on any atom is -0.311 e. The van der Waals surface area contributed by atoms with Crippen LogP contribution in [-0.2, 0) is 13.1 Å². The summed E-state index contributed by atoms with van der Waals surface area (Å²) < 4.78 is 16.2. The molecule has 0 atom stereocenters. The predicted octanol–water partition coefficient (Wildman–Crippen LogP) is 2.94. The molecule has 5 heteroatoms. The van der Waals surface area contributed by atoms with Gasteiger partial charge in [-0.05, 0) is 30.8 Å². The van der Waals surface area contributed by atoms with Gasteiger partial charge in [0.15, 0.2) is 0 Å². The highest BCUT2D eigenvalue weighted by Gasteiger charge is 2.05. The van der Waals surface area contributed by atoms with Gasteiger partial charge in [-0.25, -0.2) is 4.39 Å². The third kappa shape index (κ3) is 3.40. The van der Waals surface area contributed by atoms with Crippen molar-refractivity contribution in [3.05, 3.63) is 52.0 Å². The standard InChI is InChI=1S/C13H15BrFN3/c1-2-16-8-12-5-6-18(17-12)9-10-7-11(14)3-4-13(10)15/h3-7,16H,2,8-9H2,1H3. The fraction of sp³-hybridized carbons (Fsp3) is 0.308. The lowest BCUT2D eigenvalue weighted by molar-refractivity contribution is 0.579. The summed E-state index contributed by atoms with van der Waals surface area (Å²) in [5, 5.41) is 7.59. The number of halogens is 2. The van der Waals surface area contributed by atoms with Crippen molar-refractivity contribution < 1.29 is 4.39 Å². The molecule has 0 fully saturated rings. The average molecular weight is 312 g/mol. The Labute approximate surface area is 114 Å². The van der Waals surface area contributed by atoms with Gasteiger partial charge in [0.2, 0.25) is 0 Å². The van der Waals surface area contributed by atoms with Crippen LogP contribution in [0.5, 0.6) is 0 Å². The molecule has 0 amide bonds. The van der Waals surface area contributed by atoms with E-state index in [9.17, 15) is 4.39 Å². The summed E-state index contributed by atoms with van der Waals surface area (Å²) in [6, 6.07) is 6.88. The van der Waals surface area contributed by atoms with Crippen LogP contribution in [0.15, 0.2) is 34.9 Å². The molecule has 96 valence electrons. The van der Waals surface area contributed by atoms with Crippen LogP contribution >= 0.6 is 15.9 Å². The quantitative estimate of drug-likeness (QED) is 0.920. The Bertz CT molecular complexity index is 525. The lowest BCUT2D eigenvalue weighted by atomic mass is 10.2. The Morgan fingerprint density at radius 1 is 1.39 bits per heavy atom. The van der Waals surface area contributed by atoms with Gasteiger partial charge in [-0.1, -0.05) is 22.9 Å². The summed E-state index contributed by atoms with van der Waals surface area (Å²) in [5.74, 6) is -0.207. The van der Waals surface area contributed by atoms with Crippen LogP contribution in [-0.4, -0.2) is 16.3 Å². The summed E-state index contributed by atoms with van der Waals surface area (Å²) in [4.78, 5) is 0. The first-order valence-electron chi connectivity index (χ1n) is 5.86. The SMILES string of the molecule is CCNCc1ccn(Cc2cc(Br)ccc2F)n1. The summed E-state index contributed by atoms with van der Waals surface area (Å²) in [7, 11) is 0. The lowest BCUT2D eigenvalue weighted by Crippen LogP contribution is -2.12. The van der Waals surface area contributed by atoms with Crippen LogP contribution < -0.4 is 5.32 Å². The summed E-state index contributed by atoms with van der Waals surface area (Å²) in [6.45, 7) is 4.14. The second-order valence-electron chi connectivity index (χ2n) is 4.02. The van der Waals surface area contributed by atoms with Gasteiger partial charge < -0.3 is 5.32 Å². The molecule has 0 unspecified atom stereocenters. The number of nitrogens with zero attached hydrogens (tertiary/aromatic N) is 2. The smallest absolute Gasteiger partial charge is 0.128 e. The second-order valence-corrected chi connectivity index (χ2v) is 4.94. The molecule has 1 aromatic heterocycles. The zero-order valence-electron chi connectivity index (χ0n) is 10.2. The fourth-order valence-corrected chi connectivity index (χ4v) is 2.09. The lowest BCUT2D eigenvalue weighted by Gasteiger charge is -2.04. The highest BCUT2D eigenvalue weighted by atomic mass is 79.9. The molecule has 0 aliphatic carbocycles. The van der Waals surface area contributed by atoms with Gasteiger partial charge in [-0.15, -0.1) is 0 Å². The monoisotopic (exact) mass is 311 g/mol. The first-order chi connectivity index (χ1) is 8.69. The van der Waals surface area contributed by atoms with Crippen molar-refractivity contribution in [2.75, 3.05) is 6.54 Å². The zero-order chi connectivity index (χ0) is 13.0. The third-order valence-electron chi connectivity index (χ3n) is 2.59. The van der Waals surface area contributed by atoms with Gasteiger partial charge in [0.05, 0.1) is 12.2 Å². The molecular formula is C13H15BrFN3. The van der Waals surface area contributed by atoms with Gasteiger partial charge in [0, 0.05) is 22.8 Å². The highest BCUT2D eigenvalue weighted by Crippen LogP contribution is 2.16. The molecule has 0 spiro atoms. The van der Waals surface area contributed by atoms with E-state index in [1.165, 1.54) is 6.07 Å². The molecule has 18 heavy (non-hydrogen) atoms. The van der Waals surface area contributed by atoms with E-state index in [4.69, 9.17) is 0 Å². The van der Waals surface area contributed by atoms with Gasteiger partial charge in [0.25, 0.3) is 0 Å². The first kappa shape index (κ1) is 13.2. The zero-order valence-corrected chi connectivity index (χ0v) is 11.7. The molecule has 2 rings (SSSR count). The molecule has 0 radical (unpaired) electrons. The van der Waals surface area contributed by atoms with E-state index >= 15 is 0 Å². The van der Waals surface area contributed by atoms with Gasteiger partial charge in [-0.3, -0.25) is 4.68 Å². The van der Waals surface area contributed by atoms with Crippen molar-refractivity contribution in [1.82, 2.24) is 15.1 Å². The molecule has 0 aliphatic heterocycles. The van der Waals surface area contributed by atoms with Crippen molar-refractivity contribution in [1.29, 1.82) is 0 Å². The molecule has 1 N–H and O–H groups in total. The van der Waals surface area contributed by atoms with E-state index in [0.29, 0.717) is 12.1 Å². The molecule has 0 bridgehead atoms. The number of hydrogen-bond acceptors (Lipinski definition) is 2. The highest BCUT2D eigenvalue weighted by molar-refractivity contribution is 9.10. The molecule has 0 aliphatic rings. The first-order valence-corrected chi connectivity index (χ1v) is 6.65. The normalized spacial score (nSPS) is 10.8. The molecule has 0 saturated carbocycles. The van der Waals surface area contributed by atoms with E-state index in [-0.39, 0.29) is 5.82 Å². The van der Waals surface area contributed by atoms with E-state index in [0.717, 1.165) is 23.3 Å². The van der Waals surface area contributed by atoms with Crippen LogP contribution in [0.3, 0.4) is 0 Å². The van der Waals surface area contributed by atoms with Gasteiger partial charge in [-0.2, -0.15) is 5.10 Å². The Hall–Kier alpha value is -1.20. The number of benzene rings is 1. The van der Waals surface area contributed by atoms with E-state index in [2.05, 4.69) is 26.3 Å². The minimum absolute atomic E-state index is 0.207. The van der Waals surface area contributed by atoms with Gasteiger partial charge in [0.1, 0.15) is 5.82 Å². The summed E-state index contributed by atoms with van der Waals surface area (Å²) >= 11 is 3.34. The Morgan fingerprint density at radius 3 is 3.00 bits per heavy atom.